The van der Waals surface area contributed by atoms with Crippen LogP contribution >= 0.6 is 11.6 Å². The van der Waals surface area contributed by atoms with Crippen molar-refractivity contribution in [2.45, 2.75) is 26.2 Å². The average Bonchev–Trinajstić information content (AvgIpc) is 2.99. The molecule has 0 aliphatic carbocycles. The average molecular weight is 311 g/mol. The molecule has 0 bridgehead atoms. The molecule has 1 amide bonds. The Hall–Kier alpha value is -1.33. The molecule has 1 fully saturated rings. The molecule has 1 aliphatic rings. The van der Waals surface area contributed by atoms with E-state index in [4.69, 9.17) is 11.6 Å². The van der Waals surface area contributed by atoms with Gasteiger partial charge in [0.1, 0.15) is 5.82 Å². The molecule has 1 saturated heterocycles. The molecule has 0 unspecified atom stereocenters. The van der Waals surface area contributed by atoms with Gasteiger partial charge in [-0.25, -0.2) is 4.98 Å². The van der Waals surface area contributed by atoms with E-state index in [-0.39, 0.29) is 5.91 Å². The fourth-order valence-electron chi connectivity index (χ4n) is 2.39. The second-order valence-electron chi connectivity index (χ2n) is 5.28. The highest BCUT2D eigenvalue weighted by atomic mass is 35.5. The molecular weight excluding hydrogens is 288 g/mol. The first kappa shape index (κ1) is 16.0. The molecule has 6 heteroatoms. The highest BCUT2D eigenvalue weighted by Gasteiger charge is 2.14. The van der Waals surface area contributed by atoms with E-state index < -0.39 is 0 Å². The molecule has 0 atom stereocenters. The first-order chi connectivity index (χ1) is 10.2. The van der Waals surface area contributed by atoms with Gasteiger partial charge in [-0.2, -0.15) is 0 Å². The van der Waals surface area contributed by atoms with Gasteiger partial charge < -0.3 is 15.5 Å². The lowest BCUT2D eigenvalue weighted by Crippen LogP contribution is -2.33. The van der Waals surface area contributed by atoms with Gasteiger partial charge in [-0.15, -0.1) is 0 Å². The van der Waals surface area contributed by atoms with Crippen LogP contribution in [0.4, 0.5) is 5.82 Å². The van der Waals surface area contributed by atoms with Crippen LogP contribution in [0.25, 0.3) is 0 Å². The minimum atomic E-state index is -0.138. The van der Waals surface area contributed by atoms with E-state index in [0.717, 1.165) is 32.6 Å². The van der Waals surface area contributed by atoms with Crippen molar-refractivity contribution in [3.63, 3.8) is 0 Å². The number of rotatable bonds is 7. The smallest absolute Gasteiger partial charge is 0.253 e. The third kappa shape index (κ3) is 4.86. The van der Waals surface area contributed by atoms with Crippen molar-refractivity contribution in [1.82, 2.24) is 15.2 Å². The summed E-state index contributed by atoms with van der Waals surface area (Å²) in [7, 11) is 0. The monoisotopic (exact) mass is 310 g/mol. The lowest BCUT2D eigenvalue weighted by molar-refractivity contribution is 0.0950. The number of aromatic nitrogens is 1. The number of nitrogens with one attached hydrogen (secondary N) is 2. The van der Waals surface area contributed by atoms with Gasteiger partial charge in [-0.3, -0.25) is 4.79 Å². The van der Waals surface area contributed by atoms with Crippen LogP contribution in [0.3, 0.4) is 0 Å². The van der Waals surface area contributed by atoms with Gasteiger partial charge in [-0.1, -0.05) is 18.5 Å². The maximum Gasteiger partial charge on any atom is 0.253 e. The number of carbonyl (C=O) groups excluding carboxylic acids is 1. The summed E-state index contributed by atoms with van der Waals surface area (Å²) < 4.78 is 0. The zero-order valence-corrected chi connectivity index (χ0v) is 13.2. The van der Waals surface area contributed by atoms with Crippen molar-refractivity contribution in [1.29, 1.82) is 0 Å². The van der Waals surface area contributed by atoms with E-state index in [0.29, 0.717) is 22.9 Å². The van der Waals surface area contributed by atoms with E-state index in [1.165, 1.54) is 19.0 Å². The fraction of sp³-hybridized carbons (Fsp3) is 0.600. The molecule has 1 aliphatic heterocycles. The molecule has 21 heavy (non-hydrogen) atoms. The fourth-order valence-corrected chi connectivity index (χ4v) is 2.58. The number of carbonyl (C=O) groups is 1. The summed E-state index contributed by atoms with van der Waals surface area (Å²) in [6, 6.07) is 1.71. The molecule has 2 rings (SSSR count). The van der Waals surface area contributed by atoms with Crippen LogP contribution in [0, 0.1) is 0 Å². The molecule has 0 aromatic carbocycles. The van der Waals surface area contributed by atoms with Crippen LogP contribution in [0.5, 0.6) is 0 Å². The van der Waals surface area contributed by atoms with Crippen molar-refractivity contribution in [2.75, 3.05) is 38.0 Å². The molecule has 2 heterocycles. The largest absolute Gasteiger partial charge is 0.370 e. The summed E-state index contributed by atoms with van der Waals surface area (Å²) in [6.45, 7) is 6.72. The van der Waals surface area contributed by atoms with Gasteiger partial charge in [0, 0.05) is 25.8 Å². The maximum atomic E-state index is 12.2. The van der Waals surface area contributed by atoms with Gasteiger partial charge in [0.15, 0.2) is 0 Å². The maximum absolute atomic E-state index is 12.2. The van der Waals surface area contributed by atoms with Crippen LogP contribution in [0.1, 0.15) is 36.5 Å². The molecule has 116 valence electrons. The summed E-state index contributed by atoms with van der Waals surface area (Å²) in [5.74, 6) is 0.548. The van der Waals surface area contributed by atoms with Crippen LogP contribution in [0.2, 0.25) is 5.02 Å². The standard InChI is InChI=1S/C15H23ClN4O/c1-2-5-17-14-10-12(13(16)11-19-14)15(21)18-6-9-20-7-3-4-8-20/h10-11H,2-9H2,1H3,(H,17,19)(H,18,21). The minimum Gasteiger partial charge on any atom is -0.370 e. The Morgan fingerprint density at radius 1 is 1.38 bits per heavy atom. The van der Waals surface area contributed by atoms with Crippen LogP contribution < -0.4 is 10.6 Å². The Bertz CT molecular complexity index is 475. The number of nitrogens with zero attached hydrogens (tertiary/aromatic N) is 2. The Morgan fingerprint density at radius 3 is 2.86 bits per heavy atom. The predicted molar refractivity (Wildman–Crippen MR) is 86.0 cm³/mol. The Labute approximate surface area is 131 Å². The summed E-state index contributed by atoms with van der Waals surface area (Å²) in [5, 5.41) is 6.47. The summed E-state index contributed by atoms with van der Waals surface area (Å²) >= 11 is 6.07. The lowest BCUT2D eigenvalue weighted by Gasteiger charge is -2.15. The number of amides is 1. The van der Waals surface area contributed by atoms with E-state index in [1.807, 2.05) is 0 Å². The zero-order chi connectivity index (χ0) is 15.1. The topological polar surface area (TPSA) is 57.3 Å². The number of anilines is 1. The summed E-state index contributed by atoms with van der Waals surface area (Å²) in [5.41, 5.74) is 0.478. The van der Waals surface area contributed by atoms with Gasteiger partial charge in [0.2, 0.25) is 0 Å². The number of hydrogen-bond acceptors (Lipinski definition) is 4. The first-order valence-corrected chi connectivity index (χ1v) is 7.98. The third-order valence-corrected chi connectivity index (χ3v) is 3.87. The van der Waals surface area contributed by atoms with E-state index in [1.54, 1.807) is 6.07 Å². The van der Waals surface area contributed by atoms with Crippen LogP contribution in [-0.4, -0.2) is 48.5 Å². The highest BCUT2D eigenvalue weighted by Crippen LogP contribution is 2.18. The molecule has 1 aromatic heterocycles. The van der Waals surface area contributed by atoms with E-state index in [9.17, 15) is 4.79 Å². The first-order valence-electron chi connectivity index (χ1n) is 7.60. The summed E-state index contributed by atoms with van der Waals surface area (Å²) in [6.07, 6.45) is 5.05. The van der Waals surface area contributed by atoms with Gasteiger partial charge in [0.25, 0.3) is 5.91 Å². The van der Waals surface area contributed by atoms with Crippen LogP contribution in [0.15, 0.2) is 12.3 Å². The highest BCUT2D eigenvalue weighted by molar-refractivity contribution is 6.33. The molecule has 5 nitrogen and oxygen atoms in total. The minimum absolute atomic E-state index is 0.138. The molecule has 0 radical (unpaired) electrons. The SMILES string of the molecule is CCCNc1cc(C(=O)NCCN2CCCC2)c(Cl)cn1. The summed E-state index contributed by atoms with van der Waals surface area (Å²) in [4.78, 5) is 18.7. The Kier molecular flexibility index (Phi) is 6.26. The normalized spacial score (nSPS) is 15.1. The van der Waals surface area contributed by atoms with E-state index in [2.05, 4.69) is 27.4 Å². The van der Waals surface area contributed by atoms with Crippen molar-refractivity contribution < 1.29 is 4.79 Å². The second-order valence-corrected chi connectivity index (χ2v) is 5.69. The molecular formula is C15H23ClN4O. The number of hydrogen-bond donors (Lipinski definition) is 2. The Morgan fingerprint density at radius 2 is 2.14 bits per heavy atom. The van der Waals surface area contributed by atoms with Gasteiger partial charge in [-0.05, 0) is 38.4 Å². The van der Waals surface area contributed by atoms with Gasteiger partial charge >= 0.3 is 0 Å². The number of halogens is 1. The molecule has 1 aromatic rings. The molecule has 0 saturated carbocycles. The van der Waals surface area contributed by atoms with Crippen molar-refractivity contribution in [2.24, 2.45) is 0 Å². The third-order valence-electron chi connectivity index (χ3n) is 3.57. The second kappa shape index (κ2) is 8.20. The molecule has 0 spiro atoms. The van der Waals surface area contributed by atoms with Crippen LogP contribution in [-0.2, 0) is 0 Å². The number of likely N-dealkylation sites (tertiary alicyclic amines) is 1. The van der Waals surface area contributed by atoms with Gasteiger partial charge in [0.05, 0.1) is 10.6 Å². The molecule has 2 N–H and O–H groups in total. The quantitative estimate of drug-likeness (QED) is 0.812. The van der Waals surface area contributed by atoms with E-state index >= 15 is 0 Å². The Balaban J connectivity index is 1.87. The number of pyridine rings is 1. The van der Waals surface area contributed by atoms with Crippen molar-refractivity contribution in [3.05, 3.63) is 22.8 Å². The zero-order valence-electron chi connectivity index (χ0n) is 12.5. The predicted octanol–water partition coefficient (Wildman–Crippen LogP) is 2.38. The van der Waals surface area contributed by atoms with Crippen molar-refractivity contribution in [3.8, 4) is 0 Å². The van der Waals surface area contributed by atoms with Crippen molar-refractivity contribution >= 4 is 23.3 Å². The lowest BCUT2D eigenvalue weighted by atomic mass is 10.2.